The van der Waals surface area contributed by atoms with Gasteiger partial charge < -0.3 is 14.2 Å². The minimum atomic E-state index is -3.39. The minimum Gasteiger partial charge on any atom is -0.495 e. The molecule has 138 valence electrons. The molecule has 1 heterocycles. The minimum absolute atomic E-state index is 0.216. The summed E-state index contributed by atoms with van der Waals surface area (Å²) in [5.74, 6) is -4.14. The number of hydrogen-bond acceptors (Lipinski definition) is 5. The highest BCUT2D eigenvalue weighted by Gasteiger charge is 2.22. The maximum absolute atomic E-state index is 14.6. The molecule has 0 N–H and O–H groups in total. The molecule has 0 aliphatic heterocycles. The summed E-state index contributed by atoms with van der Waals surface area (Å²) in [5, 5.41) is 0. The van der Waals surface area contributed by atoms with E-state index in [2.05, 4.69) is 14.5 Å². The Labute approximate surface area is 145 Å². The summed E-state index contributed by atoms with van der Waals surface area (Å²) in [4.78, 5) is 15.4. The molecule has 0 fully saturated rings. The zero-order chi connectivity index (χ0) is 19.3. The summed E-state index contributed by atoms with van der Waals surface area (Å²) in [6, 6.07) is 2.89. The standard InChI is InChI=1S/C17H13F4NO4/c1-24-11-3-9(7-22-8-11)4-13(18)12-5-10(16(23)25-2)6-14(19)15(12)26-17(20)21/h3-8,17H,1-2H3/b13-4-. The van der Waals surface area contributed by atoms with Crippen molar-refractivity contribution < 1.29 is 36.6 Å². The van der Waals surface area contributed by atoms with E-state index in [-0.39, 0.29) is 11.1 Å². The molecule has 0 unspecified atom stereocenters. The van der Waals surface area contributed by atoms with Gasteiger partial charge in [-0.3, -0.25) is 4.98 Å². The van der Waals surface area contributed by atoms with Crippen LogP contribution in [0.15, 0.2) is 30.6 Å². The van der Waals surface area contributed by atoms with Gasteiger partial charge in [-0.15, -0.1) is 0 Å². The van der Waals surface area contributed by atoms with Crippen LogP contribution in [0.25, 0.3) is 11.9 Å². The fraction of sp³-hybridized carbons (Fsp3) is 0.176. The second-order valence-corrected chi connectivity index (χ2v) is 4.86. The average molecular weight is 371 g/mol. The Balaban J connectivity index is 2.57. The van der Waals surface area contributed by atoms with Crippen molar-refractivity contribution in [3.63, 3.8) is 0 Å². The van der Waals surface area contributed by atoms with Gasteiger partial charge in [0.25, 0.3) is 0 Å². The Kier molecular flexibility index (Phi) is 6.16. The quantitative estimate of drug-likeness (QED) is 0.566. The highest BCUT2D eigenvalue weighted by atomic mass is 19.3. The van der Waals surface area contributed by atoms with E-state index in [4.69, 9.17) is 4.74 Å². The van der Waals surface area contributed by atoms with Crippen LogP contribution >= 0.6 is 0 Å². The molecule has 0 aliphatic rings. The Morgan fingerprint density at radius 2 is 1.92 bits per heavy atom. The molecular weight excluding hydrogens is 358 g/mol. The van der Waals surface area contributed by atoms with Gasteiger partial charge in [0.1, 0.15) is 11.6 Å². The summed E-state index contributed by atoms with van der Waals surface area (Å²) in [7, 11) is 2.42. The first kappa shape index (κ1) is 19.2. The van der Waals surface area contributed by atoms with Crippen molar-refractivity contribution in [1.29, 1.82) is 0 Å². The first-order valence-corrected chi connectivity index (χ1v) is 7.09. The molecule has 0 saturated heterocycles. The molecule has 0 bridgehead atoms. The number of benzene rings is 1. The fourth-order valence-electron chi connectivity index (χ4n) is 2.07. The van der Waals surface area contributed by atoms with Crippen molar-refractivity contribution in [2.45, 2.75) is 6.61 Å². The molecule has 1 aromatic carbocycles. The van der Waals surface area contributed by atoms with Gasteiger partial charge in [0, 0.05) is 6.20 Å². The number of ether oxygens (including phenoxy) is 3. The van der Waals surface area contributed by atoms with Crippen molar-refractivity contribution in [1.82, 2.24) is 4.98 Å². The molecule has 0 saturated carbocycles. The van der Waals surface area contributed by atoms with E-state index < -0.39 is 35.5 Å². The van der Waals surface area contributed by atoms with E-state index in [1.165, 1.54) is 25.6 Å². The Hall–Kier alpha value is -3.10. The molecule has 0 spiro atoms. The number of methoxy groups -OCH3 is 2. The van der Waals surface area contributed by atoms with Gasteiger partial charge in [-0.25, -0.2) is 13.6 Å². The largest absolute Gasteiger partial charge is 0.495 e. The van der Waals surface area contributed by atoms with Crippen molar-refractivity contribution in [2.75, 3.05) is 14.2 Å². The first-order chi connectivity index (χ1) is 12.3. The van der Waals surface area contributed by atoms with Crippen LogP contribution in [0.2, 0.25) is 0 Å². The molecule has 0 aliphatic carbocycles. The van der Waals surface area contributed by atoms with Crippen molar-refractivity contribution in [3.05, 3.63) is 53.1 Å². The first-order valence-electron chi connectivity index (χ1n) is 7.09. The zero-order valence-electron chi connectivity index (χ0n) is 13.6. The summed E-state index contributed by atoms with van der Waals surface area (Å²) in [6.45, 7) is -3.39. The van der Waals surface area contributed by atoms with Crippen LogP contribution in [0.4, 0.5) is 17.6 Å². The van der Waals surface area contributed by atoms with Crippen LogP contribution in [0.1, 0.15) is 21.5 Å². The summed E-state index contributed by atoms with van der Waals surface area (Å²) in [6.07, 6.45) is 3.55. The van der Waals surface area contributed by atoms with Crippen molar-refractivity contribution >= 4 is 17.9 Å². The third-order valence-electron chi connectivity index (χ3n) is 3.19. The molecule has 0 radical (unpaired) electrons. The van der Waals surface area contributed by atoms with Gasteiger partial charge in [-0.2, -0.15) is 8.78 Å². The van der Waals surface area contributed by atoms with E-state index in [1.807, 2.05) is 0 Å². The second kappa shape index (κ2) is 8.32. The molecule has 5 nitrogen and oxygen atoms in total. The third-order valence-corrected chi connectivity index (χ3v) is 3.19. The number of esters is 1. The number of carbonyl (C=O) groups excluding carboxylic acids is 1. The van der Waals surface area contributed by atoms with Crippen molar-refractivity contribution in [2.24, 2.45) is 0 Å². The van der Waals surface area contributed by atoms with E-state index >= 15 is 0 Å². The summed E-state index contributed by atoms with van der Waals surface area (Å²) < 4.78 is 67.3. The van der Waals surface area contributed by atoms with Crippen molar-refractivity contribution in [3.8, 4) is 11.5 Å². The SMILES string of the molecule is COC(=O)c1cc(F)c(OC(F)F)c(/C(F)=C/c2cncc(OC)c2)c1. The number of aromatic nitrogens is 1. The normalized spacial score (nSPS) is 11.4. The summed E-state index contributed by atoms with van der Waals surface area (Å²) in [5.41, 5.74) is -0.823. The highest BCUT2D eigenvalue weighted by molar-refractivity contribution is 5.92. The Morgan fingerprint density at radius 1 is 1.19 bits per heavy atom. The lowest BCUT2D eigenvalue weighted by molar-refractivity contribution is -0.0524. The van der Waals surface area contributed by atoms with E-state index in [1.54, 1.807) is 0 Å². The molecule has 1 aromatic heterocycles. The number of pyridine rings is 1. The maximum atomic E-state index is 14.6. The van der Waals surface area contributed by atoms with E-state index in [0.29, 0.717) is 11.8 Å². The number of hydrogen-bond donors (Lipinski definition) is 0. The van der Waals surface area contributed by atoms with Gasteiger partial charge in [-0.05, 0) is 29.8 Å². The van der Waals surface area contributed by atoms with E-state index in [9.17, 15) is 22.4 Å². The lowest BCUT2D eigenvalue weighted by Gasteiger charge is -2.12. The van der Waals surface area contributed by atoms with E-state index in [0.717, 1.165) is 19.3 Å². The van der Waals surface area contributed by atoms with Gasteiger partial charge in [0.2, 0.25) is 0 Å². The number of rotatable bonds is 6. The molecule has 26 heavy (non-hydrogen) atoms. The van der Waals surface area contributed by atoms with Crippen LogP contribution in [-0.4, -0.2) is 31.8 Å². The lowest BCUT2D eigenvalue weighted by Crippen LogP contribution is -2.09. The monoisotopic (exact) mass is 371 g/mol. The predicted molar refractivity (Wildman–Crippen MR) is 84.1 cm³/mol. The maximum Gasteiger partial charge on any atom is 0.387 e. The number of halogens is 4. The van der Waals surface area contributed by atoms with Gasteiger partial charge in [0.05, 0.1) is 31.5 Å². The van der Waals surface area contributed by atoms with Crippen LogP contribution in [0, 0.1) is 5.82 Å². The molecule has 2 aromatic rings. The number of nitrogens with zero attached hydrogens (tertiary/aromatic N) is 1. The highest BCUT2D eigenvalue weighted by Crippen LogP contribution is 2.34. The van der Waals surface area contributed by atoms with Crippen LogP contribution in [-0.2, 0) is 4.74 Å². The Morgan fingerprint density at radius 3 is 2.54 bits per heavy atom. The summed E-state index contributed by atoms with van der Waals surface area (Å²) >= 11 is 0. The lowest BCUT2D eigenvalue weighted by atomic mass is 10.1. The smallest absolute Gasteiger partial charge is 0.387 e. The topological polar surface area (TPSA) is 57.7 Å². The number of alkyl halides is 2. The Bertz CT molecular complexity index is 840. The van der Waals surface area contributed by atoms with Crippen LogP contribution in [0.5, 0.6) is 11.5 Å². The molecule has 0 atom stereocenters. The van der Waals surface area contributed by atoms with Crippen LogP contribution < -0.4 is 9.47 Å². The average Bonchev–Trinajstić information content (AvgIpc) is 2.62. The predicted octanol–water partition coefficient (Wildman–Crippen LogP) is 4.08. The fourth-order valence-corrected chi connectivity index (χ4v) is 2.07. The molecule has 0 amide bonds. The third kappa shape index (κ3) is 4.50. The van der Waals surface area contributed by atoms with Gasteiger partial charge >= 0.3 is 12.6 Å². The number of carbonyl (C=O) groups is 1. The van der Waals surface area contributed by atoms with Gasteiger partial charge in [-0.1, -0.05) is 0 Å². The molecular formula is C17H13F4NO4. The van der Waals surface area contributed by atoms with Gasteiger partial charge in [0.15, 0.2) is 11.6 Å². The van der Waals surface area contributed by atoms with Crippen LogP contribution in [0.3, 0.4) is 0 Å². The second-order valence-electron chi connectivity index (χ2n) is 4.86. The zero-order valence-corrected chi connectivity index (χ0v) is 13.6. The molecule has 2 rings (SSSR count). The molecule has 9 heteroatoms.